The number of hydrogen-bond acceptors (Lipinski definition) is 4. The number of hydrogen-bond donors (Lipinski definition) is 0. The van der Waals surface area contributed by atoms with Crippen LogP contribution in [0.5, 0.6) is 0 Å². The van der Waals surface area contributed by atoms with E-state index in [1.165, 1.54) is 6.92 Å². The molecule has 4 radical (unpaired) electrons. The first-order valence-corrected chi connectivity index (χ1v) is 19.0. The number of rotatable bonds is 5. The molecule has 0 heterocycles. The van der Waals surface area contributed by atoms with Crippen LogP contribution in [0.15, 0.2) is 41.7 Å². The van der Waals surface area contributed by atoms with Crippen LogP contribution in [-0.4, -0.2) is 26.1 Å². The van der Waals surface area contributed by atoms with Gasteiger partial charge in [-0.1, -0.05) is 20.1 Å². The zero-order valence-corrected chi connectivity index (χ0v) is 37.8. The van der Waals surface area contributed by atoms with Crippen LogP contribution < -0.4 is 0 Å². The zero-order valence-electron chi connectivity index (χ0n) is 20.9. The van der Waals surface area contributed by atoms with Crippen molar-refractivity contribution in [1.29, 1.82) is 0 Å². The van der Waals surface area contributed by atoms with Crippen LogP contribution in [0.3, 0.4) is 0 Å². The maximum atomic E-state index is 10.2. The first kappa shape index (κ1) is 55.1. The molecule has 0 aliphatic rings. The molecule has 0 aromatic heterocycles. The van der Waals surface area contributed by atoms with Crippen LogP contribution in [0, 0.1) is 38.1 Å². The van der Waals surface area contributed by atoms with Crippen LogP contribution in [-0.2, 0) is 112 Å². The van der Waals surface area contributed by atoms with Crippen LogP contribution in [0.25, 0.3) is 0 Å². The summed E-state index contributed by atoms with van der Waals surface area (Å²) in [7, 11) is -1.60. The van der Waals surface area contributed by atoms with Gasteiger partial charge in [0, 0.05) is 153 Å². The molecule has 0 saturated heterocycles. The second-order valence-corrected chi connectivity index (χ2v) is 11.7. The van der Waals surface area contributed by atoms with E-state index in [0.717, 1.165) is 23.0 Å². The summed E-state index contributed by atoms with van der Waals surface area (Å²) in [6.45, 7) is 15.2. The maximum Gasteiger partial charge on any atom is 0.244 e. The fourth-order valence-corrected chi connectivity index (χ4v) is 2.50. The summed E-state index contributed by atoms with van der Waals surface area (Å²) >= 11 is 8.88. The third-order valence-corrected chi connectivity index (χ3v) is 3.78. The second kappa shape index (κ2) is 34.3. The van der Waals surface area contributed by atoms with Gasteiger partial charge in [0.15, 0.2) is 5.88 Å². The Hall–Kier alpha value is 3.06. The van der Waals surface area contributed by atoms with Crippen molar-refractivity contribution in [2.24, 2.45) is 4.99 Å². The van der Waals surface area contributed by atoms with Crippen LogP contribution >= 0.6 is 72.8 Å². The Balaban J connectivity index is -0.0000000729. The molecule has 2 aromatic rings. The summed E-state index contributed by atoms with van der Waals surface area (Å²) in [6, 6.07) is 18.9. The van der Waals surface area contributed by atoms with E-state index >= 15 is 0 Å². The molecule has 36 heavy (non-hydrogen) atoms. The van der Waals surface area contributed by atoms with Crippen LogP contribution in [0.4, 0.5) is 0 Å². The van der Waals surface area contributed by atoms with E-state index in [2.05, 4.69) is 104 Å². The number of carbonyl (C=O) groups excluding carboxylic acids is 2. The Morgan fingerprint density at radius 3 is 1.58 bits per heavy atom. The SMILES string of the molecule is C=C(N=Cc1[c-]cc[c-]c1C)O[Si](C)(C)C.CC(=O)Cl.Cc1[c-]cc[c-]c1C=O.I.II.[V].[V].[Y].[Y]. The van der Waals surface area contributed by atoms with E-state index in [4.69, 9.17) is 4.43 Å². The molecule has 0 fully saturated rings. The molecule has 0 unspecified atom stereocenters. The zero-order chi connectivity index (χ0) is 24.4. The van der Waals surface area contributed by atoms with Gasteiger partial charge in [-0.25, -0.2) is 22.3 Å². The van der Waals surface area contributed by atoms with Gasteiger partial charge in [-0.05, 0) is 37.8 Å². The van der Waals surface area contributed by atoms with Crippen molar-refractivity contribution in [3.63, 3.8) is 0 Å². The summed E-state index contributed by atoms with van der Waals surface area (Å²) in [5.41, 5.74) is 3.39. The van der Waals surface area contributed by atoms with Crippen LogP contribution in [0.2, 0.25) is 19.6 Å². The smallest absolute Gasteiger partial charge is 0.244 e. The van der Waals surface area contributed by atoms with Gasteiger partial charge in [-0.2, -0.15) is 0 Å². The third kappa shape index (κ3) is 35.1. The molecule has 0 amide bonds. The van der Waals surface area contributed by atoms with Crippen molar-refractivity contribution in [1.82, 2.24) is 0 Å². The molecule has 0 atom stereocenters. The molecule has 0 aliphatic heterocycles. The first-order chi connectivity index (χ1) is 14.5. The minimum absolute atomic E-state index is 0. The average molecular weight is 1090 g/mol. The maximum absolute atomic E-state index is 10.2. The number of aryl methyl sites for hydroxylation is 2. The summed E-state index contributed by atoms with van der Waals surface area (Å²) in [5, 5.41) is -0.361. The van der Waals surface area contributed by atoms with Gasteiger partial charge in [-0.3, -0.25) is 58.3 Å². The van der Waals surface area contributed by atoms with Gasteiger partial charge in [0.2, 0.25) is 13.6 Å². The fraction of sp³-hybridized carbons (Fsp3) is 0.261. The molecule has 0 saturated carbocycles. The number of carbonyl (C=O) groups is 2. The largest absolute Gasteiger partial charge is 0.532 e. The van der Waals surface area contributed by atoms with Gasteiger partial charge in [0.1, 0.15) is 0 Å². The molecular formula is C23H27ClI3NO3SiV2Y2-4. The predicted octanol–water partition coefficient (Wildman–Crippen LogP) is 7.90. The second-order valence-electron chi connectivity index (χ2n) is 6.78. The van der Waals surface area contributed by atoms with E-state index in [0.29, 0.717) is 11.4 Å². The summed E-state index contributed by atoms with van der Waals surface area (Å²) in [6.07, 6.45) is 2.50. The Morgan fingerprint density at radius 2 is 1.31 bits per heavy atom. The number of aldehydes is 1. The van der Waals surface area contributed by atoms with Crippen molar-refractivity contribution in [2.75, 3.05) is 0 Å². The minimum atomic E-state index is -1.60. The number of benzene rings is 2. The minimum Gasteiger partial charge on any atom is -0.532 e. The Kier molecular flexibility index (Phi) is 52.4. The third-order valence-electron chi connectivity index (χ3n) is 2.93. The Morgan fingerprint density at radius 1 is 0.972 bits per heavy atom. The van der Waals surface area contributed by atoms with Crippen molar-refractivity contribution in [2.45, 2.75) is 40.4 Å². The molecule has 0 spiro atoms. The van der Waals surface area contributed by atoms with Crippen molar-refractivity contribution < 1.29 is 117 Å². The van der Waals surface area contributed by atoms with Crippen molar-refractivity contribution in [3.05, 3.63) is 83.2 Å². The first-order valence-electron chi connectivity index (χ1n) is 8.91. The van der Waals surface area contributed by atoms with Gasteiger partial charge in [0.25, 0.3) is 0 Å². The van der Waals surface area contributed by atoms with Gasteiger partial charge < -0.3 is 9.22 Å². The molecule has 0 bridgehead atoms. The van der Waals surface area contributed by atoms with E-state index < -0.39 is 8.32 Å². The Labute approximate surface area is 337 Å². The molecule has 13 heteroatoms. The molecule has 194 valence electrons. The topological polar surface area (TPSA) is 55.7 Å². The van der Waals surface area contributed by atoms with E-state index in [-0.39, 0.29) is 132 Å². The monoisotopic (exact) mass is 1090 g/mol. The van der Waals surface area contributed by atoms with E-state index in [1.54, 1.807) is 18.3 Å². The quantitative estimate of drug-likeness (QED) is 0.0583. The summed E-state index contributed by atoms with van der Waals surface area (Å²) in [5.74, 6) is 0.468. The van der Waals surface area contributed by atoms with Gasteiger partial charge in [0.05, 0.1) is 0 Å². The fourth-order valence-electron chi connectivity index (χ4n) is 1.74. The number of nitrogens with zero attached hydrogens (tertiary/aromatic N) is 1. The molecule has 4 nitrogen and oxygen atoms in total. The average Bonchev–Trinajstić information content (AvgIpc) is 2.68. The number of aliphatic imine (C=N–C) groups is 1. The molecule has 2 rings (SSSR count). The summed E-state index contributed by atoms with van der Waals surface area (Å²) < 4.78 is 5.62. The molecule has 2 aromatic carbocycles. The summed E-state index contributed by atoms with van der Waals surface area (Å²) in [4.78, 5) is 23.6. The van der Waals surface area contributed by atoms with Crippen molar-refractivity contribution in [3.8, 4) is 0 Å². The standard InChI is InChI=1S/C13H17NOSi.C8H6O.C2H3ClO.I2.HI.2V.2Y/c1-11-8-6-7-9-13(11)10-14-12(2)15-16(3,4)5;1-7-4-2-3-5-8(7)6-9;1-2(3)4;1-2;;;;;/h6-7,10H,2H2,1,3-5H3;2-3,6H,1H3;1H3;;1H;;;;/q2*-2;;;;;;;. The van der Waals surface area contributed by atoms with Crippen LogP contribution in [0.1, 0.15) is 34.0 Å². The van der Waals surface area contributed by atoms with E-state index in [1.807, 2.05) is 26.0 Å². The van der Waals surface area contributed by atoms with Crippen molar-refractivity contribution >= 4 is 98.9 Å². The predicted molar refractivity (Wildman–Crippen MR) is 164 cm³/mol. The Bertz CT molecular complexity index is 874. The molecule has 0 aliphatic carbocycles. The molecule has 0 N–H and O–H groups in total. The molecular weight excluding hydrogens is 1060 g/mol. The van der Waals surface area contributed by atoms with Gasteiger partial charge >= 0.3 is 0 Å². The van der Waals surface area contributed by atoms with E-state index in [9.17, 15) is 9.59 Å². The number of halogens is 4. The normalized spacial score (nSPS) is 8.36. The van der Waals surface area contributed by atoms with Gasteiger partial charge in [-0.15, -0.1) is 24.0 Å².